The highest BCUT2D eigenvalue weighted by Crippen LogP contribution is 2.32. The molecular weight excluding hydrogens is 419 g/mol. The molecule has 0 radical (unpaired) electrons. The van der Waals surface area contributed by atoms with Crippen LogP contribution in [0.3, 0.4) is 0 Å². The Hall–Kier alpha value is -2.40. The lowest BCUT2D eigenvalue weighted by Crippen LogP contribution is -2.29. The zero-order valence-corrected chi connectivity index (χ0v) is 18.0. The fourth-order valence-corrected chi connectivity index (χ4v) is 4.84. The summed E-state index contributed by atoms with van der Waals surface area (Å²) in [5.41, 5.74) is 0.428. The maximum atomic E-state index is 13.1. The molecule has 0 saturated heterocycles. The van der Waals surface area contributed by atoms with Crippen LogP contribution in [0.1, 0.15) is 50.3 Å². The molecule has 0 unspecified atom stereocenters. The third kappa shape index (κ3) is 4.08. The quantitative estimate of drug-likeness (QED) is 0.598. The van der Waals surface area contributed by atoms with E-state index in [2.05, 4.69) is 14.8 Å². The van der Waals surface area contributed by atoms with Crippen LogP contribution >= 0.6 is 0 Å². The van der Waals surface area contributed by atoms with Gasteiger partial charge in [-0.1, -0.05) is 6.92 Å². The molecule has 1 atom stereocenters. The monoisotopic (exact) mass is 443 g/mol. The number of halogens is 3. The molecule has 2 aromatic heterocycles. The van der Waals surface area contributed by atoms with E-state index < -0.39 is 27.8 Å². The molecule has 0 fully saturated rings. The Bertz CT molecular complexity index is 1160. The van der Waals surface area contributed by atoms with Crippen molar-refractivity contribution in [1.29, 1.82) is 0 Å². The Morgan fingerprint density at radius 2 is 1.93 bits per heavy atom. The van der Waals surface area contributed by atoms with E-state index in [9.17, 15) is 21.6 Å². The summed E-state index contributed by atoms with van der Waals surface area (Å²) >= 11 is 0. The summed E-state index contributed by atoms with van der Waals surface area (Å²) in [5, 5.41) is 4.12. The van der Waals surface area contributed by atoms with E-state index in [-0.39, 0.29) is 4.90 Å². The molecule has 7 nitrogen and oxygen atoms in total. The second kappa shape index (κ2) is 8.03. The Labute approximate surface area is 173 Å². The summed E-state index contributed by atoms with van der Waals surface area (Å²) in [5.74, 6) is 0.342. The lowest BCUT2D eigenvalue weighted by Gasteiger charge is -2.15. The minimum absolute atomic E-state index is 0.0707. The number of sulfonamides is 1. The SMILES string of the molecule is CCCn1ncc(S(=O)(=O)N[C@H](C)c2nc3ccc(C(F)(F)F)cc3n2CC)c1C. The van der Waals surface area contributed by atoms with Crippen molar-refractivity contribution < 1.29 is 21.6 Å². The van der Waals surface area contributed by atoms with E-state index in [1.165, 1.54) is 12.3 Å². The van der Waals surface area contributed by atoms with Crippen LogP contribution in [0.5, 0.6) is 0 Å². The van der Waals surface area contributed by atoms with Crippen LogP contribution in [-0.4, -0.2) is 27.7 Å². The van der Waals surface area contributed by atoms with Crippen molar-refractivity contribution in [3.63, 3.8) is 0 Å². The number of hydrogen-bond acceptors (Lipinski definition) is 4. The van der Waals surface area contributed by atoms with Gasteiger partial charge >= 0.3 is 6.18 Å². The van der Waals surface area contributed by atoms with Crippen molar-refractivity contribution in [1.82, 2.24) is 24.1 Å². The molecule has 0 bridgehead atoms. The van der Waals surface area contributed by atoms with Gasteiger partial charge in [-0.3, -0.25) is 4.68 Å². The highest BCUT2D eigenvalue weighted by molar-refractivity contribution is 7.89. The molecule has 164 valence electrons. The third-order valence-corrected chi connectivity index (χ3v) is 6.57. The van der Waals surface area contributed by atoms with E-state index in [1.54, 1.807) is 30.0 Å². The number of rotatable bonds is 7. The van der Waals surface area contributed by atoms with Gasteiger partial charge in [0.15, 0.2) is 0 Å². The van der Waals surface area contributed by atoms with Crippen LogP contribution < -0.4 is 4.72 Å². The predicted octanol–water partition coefficient (Wildman–Crippen LogP) is 4.03. The molecule has 0 aliphatic heterocycles. The molecule has 1 N–H and O–H groups in total. The number of nitrogens with one attached hydrogen (secondary N) is 1. The van der Waals surface area contributed by atoms with Crippen molar-refractivity contribution in [3.05, 3.63) is 41.5 Å². The molecule has 0 aliphatic rings. The Balaban J connectivity index is 1.97. The maximum absolute atomic E-state index is 13.1. The average molecular weight is 443 g/mol. The van der Waals surface area contributed by atoms with Gasteiger partial charge in [-0.15, -0.1) is 0 Å². The van der Waals surface area contributed by atoms with E-state index in [0.29, 0.717) is 35.6 Å². The molecule has 0 spiro atoms. The topological polar surface area (TPSA) is 81.8 Å². The number of alkyl halides is 3. The van der Waals surface area contributed by atoms with Crippen molar-refractivity contribution in [3.8, 4) is 0 Å². The van der Waals surface area contributed by atoms with Crippen LogP contribution in [0, 0.1) is 6.92 Å². The van der Waals surface area contributed by atoms with Gasteiger partial charge < -0.3 is 4.57 Å². The van der Waals surface area contributed by atoms with E-state index in [0.717, 1.165) is 18.6 Å². The first kappa shape index (κ1) is 22.3. The smallest absolute Gasteiger partial charge is 0.327 e. The van der Waals surface area contributed by atoms with Gasteiger partial charge in [0.1, 0.15) is 10.7 Å². The van der Waals surface area contributed by atoms with Crippen molar-refractivity contribution >= 4 is 21.1 Å². The number of benzene rings is 1. The van der Waals surface area contributed by atoms with Crippen molar-refractivity contribution in [2.75, 3.05) is 0 Å². The minimum atomic E-state index is -4.47. The molecule has 3 aromatic rings. The fraction of sp³-hybridized carbons (Fsp3) is 0.474. The van der Waals surface area contributed by atoms with Crippen LogP contribution in [0.25, 0.3) is 11.0 Å². The van der Waals surface area contributed by atoms with Gasteiger partial charge in [-0.05, 0) is 45.4 Å². The summed E-state index contributed by atoms with van der Waals surface area (Å²) in [6.07, 6.45) is -2.36. The van der Waals surface area contributed by atoms with Crippen LogP contribution in [-0.2, 0) is 29.3 Å². The zero-order valence-electron chi connectivity index (χ0n) is 17.2. The van der Waals surface area contributed by atoms with Crippen molar-refractivity contribution in [2.45, 2.75) is 64.3 Å². The first-order valence-corrected chi connectivity index (χ1v) is 11.1. The van der Waals surface area contributed by atoms with Gasteiger partial charge in [0.25, 0.3) is 0 Å². The summed E-state index contributed by atoms with van der Waals surface area (Å²) in [6.45, 7) is 7.97. The minimum Gasteiger partial charge on any atom is -0.327 e. The Morgan fingerprint density at radius 3 is 2.53 bits per heavy atom. The van der Waals surface area contributed by atoms with Gasteiger partial charge in [-0.2, -0.15) is 18.3 Å². The molecule has 0 amide bonds. The molecule has 3 rings (SSSR count). The molecule has 0 saturated carbocycles. The second-order valence-electron chi connectivity index (χ2n) is 7.08. The number of hydrogen-bond donors (Lipinski definition) is 1. The first-order valence-electron chi connectivity index (χ1n) is 9.61. The highest BCUT2D eigenvalue weighted by atomic mass is 32.2. The Morgan fingerprint density at radius 1 is 1.23 bits per heavy atom. The summed E-state index contributed by atoms with van der Waals surface area (Å²) in [6, 6.07) is 2.55. The fourth-order valence-electron chi connectivity index (χ4n) is 3.46. The van der Waals surface area contributed by atoms with Crippen LogP contribution in [0.15, 0.2) is 29.3 Å². The predicted molar refractivity (Wildman–Crippen MR) is 106 cm³/mol. The molecule has 1 aromatic carbocycles. The second-order valence-corrected chi connectivity index (χ2v) is 8.76. The lowest BCUT2D eigenvalue weighted by molar-refractivity contribution is -0.137. The van der Waals surface area contributed by atoms with E-state index in [1.807, 2.05) is 6.92 Å². The van der Waals surface area contributed by atoms with Gasteiger partial charge in [-0.25, -0.2) is 18.1 Å². The summed E-state index contributed by atoms with van der Waals surface area (Å²) in [7, 11) is -3.90. The highest BCUT2D eigenvalue weighted by Gasteiger charge is 2.32. The Kier molecular flexibility index (Phi) is 5.96. The number of fused-ring (bicyclic) bond motifs is 1. The standard InChI is InChI=1S/C19H24F3N5O2S/c1-5-9-27-13(4)17(11-23-27)30(28,29)25-12(3)18-24-15-8-7-14(19(20,21)22)10-16(15)26(18)6-2/h7-8,10-12,25H,5-6,9H2,1-4H3/t12-/m1/s1. The van der Waals surface area contributed by atoms with E-state index >= 15 is 0 Å². The number of imidazole rings is 1. The molecule has 30 heavy (non-hydrogen) atoms. The maximum Gasteiger partial charge on any atom is 0.416 e. The summed E-state index contributed by atoms with van der Waals surface area (Å²) in [4.78, 5) is 4.46. The molecule has 11 heteroatoms. The zero-order chi connectivity index (χ0) is 22.3. The number of aryl methyl sites for hydroxylation is 2. The van der Waals surface area contributed by atoms with Gasteiger partial charge in [0.2, 0.25) is 10.0 Å². The molecule has 0 aliphatic carbocycles. The molecular formula is C19H24F3N5O2S. The third-order valence-electron chi connectivity index (χ3n) is 4.92. The van der Waals surface area contributed by atoms with Crippen molar-refractivity contribution in [2.24, 2.45) is 0 Å². The van der Waals surface area contributed by atoms with Gasteiger partial charge in [0, 0.05) is 13.1 Å². The molecule has 2 heterocycles. The van der Waals surface area contributed by atoms with Crippen LogP contribution in [0.2, 0.25) is 0 Å². The average Bonchev–Trinajstić information content (AvgIpc) is 3.21. The van der Waals surface area contributed by atoms with Crippen LogP contribution in [0.4, 0.5) is 13.2 Å². The largest absolute Gasteiger partial charge is 0.416 e. The number of nitrogens with zero attached hydrogens (tertiary/aromatic N) is 4. The van der Waals surface area contributed by atoms with Gasteiger partial charge in [0.05, 0.1) is 34.5 Å². The lowest BCUT2D eigenvalue weighted by atomic mass is 10.2. The first-order chi connectivity index (χ1) is 14.0. The number of aromatic nitrogens is 4. The normalized spacial score (nSPS) is 13.8. The summed E-state index contributed by atoms with van der Waals surface area (Å²) < 4.78 is 70.9. The van der Waals surface area contributed by atoms with E-state index in [4.69, 9.17) is 0 Å².